The van der Waals surface area contributed by atoms with Gasteiger partial charge in [-0.1, -0.05) is 0 Å². The molecule has 140 valence electrons. The number of aromatic nitrogens is 3. The molecule has 1 aliphatic rings. The molecule has 0 amide bonds. The monoisotopic (exact) mass is 350 g/mol. The van der Waals surface area contributed by atoms with Gasteiger partial charge in [0, 0.05) is 33.6 Å². The normalized spacial score (nSPS) is 15.4. The Balaban J connectivity index is 1.76. The van der Waals surface area contributed by atoms with Crippen LogP contribution in [-0.2, 0) is 23.1 Å². The molecule has 2 rings (SSSR count). The van der Waals surface area contributed by atoms with Crippen LogP contribution in [0.15, 0.2) is 11.3 Å². The van der Waals surface area contributed by atoms with E-state index in [1.54, 1.807) is 11.0 Å². The van der Waals surface area contributed by atoms with Gasteiger partial charge in [-0.3, -0.25) is 14.5 Å². The minimum atomic E-state index is -0.0976. The van der Waals surface area contributed by atoms with E-state index < -0.39 is 0 Å². The number of aliphatic imine (C=N–C) groups is 1. The van der Waals surface area contributed by atoms with Crippen molar-refractivity contribution in [3.8, 4) is 0 Å². The van der Waals surface area contributed by atoms with Crippen LogP contribution in [0.3, 0.4) is 0 Å². The predicted octanol–water partition coefficient (Wildman–Crippen LogP) is 1.48. The third kappa shape index (κ3) is 6.36. The highest BCUT2D eigenvalue weighted by Crippen LogP contribution is 2.21. The first kappa shape index (κ1) is 19.2. The Morgan fingerprint density at radius 2 is 2.24 bits per heavy atom. The summed E-state index contributed by atoms with van der Waals surface area (Å²) in [6, 6.07) is 0. The second kappa shape index (κ2) is 10.0. The summed E-state index contributed by atoms with van der Waals surface area (Å²) >= 11 is 0. The van der Waals surface area contributed by atoms with E-state index in [9.17, 15) is 4.79 Å². The lowest BCUT2D eigenvalue weighted by molar-refractivity contribution is -0.148. The highest BCUT2D eigenvalue weighted by molar-refractivity contribution is 5.79. The molecule has 1 aromatic rings. The highest BCUT2D eigenvalue weighted by Gasteiger charge is 2.18. The van der Waals surface area contributed by atoms with Crippen molar-refractivity contribution in [3.05, 3.63) is 12.2 Å². The van der Waals surface area contributed by atoms with Gasteiger partial charge < -0.3 is 15.0 Å². The zero-order valence-corrected chi connectivity index (χ0v) is 15.6. The van der Waals surface area contributed by atoms with Gasteiger partial charge in [-0.25, -0.2) is 4.98 Å². The van der Waals surface area contributed by atoms with Crippen molar-refractivity contribution in [2.75, 3.05) is 20.1 Å². The Hall–Kier alpha value is -2.12. The van der Waals surface area contributed by atoms with E-state index in [0.29, 0.717) is 25.9 Å². The number of hydrogen-bond donors (Lipinski definition) is 1. The number of nitrogens with zero attached hydrogens (tertiary/aromatic N) is 5. The Labute approximate surface area is 149 Å². The van der Waals surface area contributed by atoms with Gasteiger partial charge >= 0.3 is 5.97 Å². The van der Waals surface area contributed by atoms with Gasteiger partial charge in [0.25, 0.3) is 0 Å². The van der Waals surface area contributed by atoms with E-state index in [2.05, 4.69) is 20.4 Å². The fourth-order valence-corrected chi connectivity index (χ4v) is 2.88. The first-order valence-electron chi connectivity index (χ1n) is 9.12. The second-order valence-corrected chi connectivity index (χ2v) is 6.39. The standard InChI is InChI=1S/C17H30N6O2/c1-4-18-17(22(2)12-15-20-13-21-23(15)3)19-11-7-10-16(24)25-14-8-5-6-9-14/h13-14H,4-12H2,1-3H3,(H,18,19). The number of esters is 1. The number of rotatable bonds is 8. The Kier molecular flexibility index (Phi) is 7.69. The van der Waals surface area contributed by atoms with E-state index in [1.165, 1.54) is 12.8 Å². The van der Waals surface area contributed by atoms with Gasteiger partial charge in [0.05, 0.1) is 6.54 Å². The van der Waals surface area contributed by atoms with Crippen molar-refractivity contribution < 1.29 is 9.53 Å². The van der Waals surface area contributed by atoms with Crippen molar-refractivity contribution in [3.63, 3.8) is 0 Å². The number of guanidine groups is 1. The Morgan fingerprint density at radius 1 is 1.48 bits per heavy atom. The molecule has 1 fully saturated rings. The van der Waals surface area contributed by atoms with Crippen LogP contribution in [0.25, 0.3) is 0 Å². The zero-order chi connectivity index (χ0) is 18.1. The SMILES string of the molecule is CCNC(=NCCCC(=O)OC1CCCC1)N(C)Cc1ncnn1C. The van der Waals surface area contributed by atoms with Gasteiger partial charge in [-0.15, -0.1) is 0 Å². The molecule has 1 aliphatic carbocycles. The van der Waals surface area contributed by atoms with Crippen LogP contribution < -0.4 is 5.32 Å². The molecule has 0 spiro atoms. The molecular formula is C17H30N6O2. The molecule has 1 aromatic heterocycles. The lowest BCUT2D eigenvalue weighted by Crippen LogP contribution is -2.39. The van der Waals surface area contributed by atoms with Crippen LogP contribution in [0, 0.1) is 0 Å². The molecule has 1 N–H and O–H groups in total. The third-order valence-corrected chi connectivity index (χ3v) is 4.28. The molecule has 0 bridgehead atoms. The van der Waals surface area contributed by atoms with Crippen molar-refractivity contribution >= 4 is 11.9 Å². The lowest BCUT2D eigenvalue weighted by atomic mass is 10.3. The molecular weight excluding hydrogens is 320 g/mol. The summed E-state index contributed by atoms with van der Waals surface area (Å²) in [5.74, 6) is 1.57. The molecule has 1 heterocycles. The third-order valence-electron chi connectivity index (χ3n) is 4.28. The molecule has 1 saturated carbocycles. The van der Waals surface area contributed by atoms with Crippen LogP contribution in [0.5, 0.6) is 0 Å². The van der Waals surface area contributed by atoms with Crippen molar-refractivity contribution in [1.29, 1.82) is 0 Å². The number of carbonyl (C=O) groups is 1. The molecule has 0 aromatic carbocycles. The average Bonchev–Trinajstić information content (AvgIpc) is 3.22. The van der Waals surface area contributed by atoms with Crippen LogP contribution in [0.1, 0.15) is 51.3 Å². The summed E-state index contributed by atoms with van der Waals surface area (Å²) in [5, 5.41) is 7.34. The van der Waals surface area contributed by atoms with E-state index in [4.69, 9.17) is 4.74 Å². The maximum absolute atomic E-state index is 11.8. The number of hydrogen-bond acceptors (Lipinski definition) is 5. The van der Waals surface area contributed by atoms with E-state index in [1.807, 2.05) is 25.9 Å². The van der Waals surface area contributed by atoms with Crippen LogP contribution >= 0.6 is 0 Å². The van der Waals surface area contributed by atoms with Crippen LogP contribution in [0.2, 0.25) is 0 Å². The highest BCUT2D eigenvalue weighted by atomic mass is 16.5. The zero-order valence-electron chi connectivity index (χ0n) is 15.6. The molecule has 0 radical (unpaired) electrons. The molecule has 0 atom stereocenters. The van der Waals surface area contributed by atoms with Gasteiger partial charge in [-0.05, 0) is 39.0 Å². The number of carbonyl (C=O) groups excluding carboxylic acids is 1. The first-order chi connectivity index (χ1) is 12.1. The van der Waals surface area contributed by atoms with Crippen molar-refractivity contribution in [2.45, 2.75) is 58.1 Å². The maximum atomic E-state index is 11.8. The summed E-state index contributed by atoms with van der Waals surface area (Å²) in [6.45, 7) is 4.02. The van der Waals surface area contributed by atoms with Gasteiger partial charge in [0.1, 0.15) is 18.3 Å². The van der Waals surface area contributed by atoms with Crippen LogP contribution in [-0.4, -0.2) is 57.8 Å². The quantitative estimate of drug-likeness (QED) is 0.331. The summed E-state index contributed by atoms with van der Waals surface area (Å²) in [4.78, 5) is 22.7. The van der Waals surface area contributed by atoms with Gasteiger partial charge in [-0.2, -0.15) is 5.10 Å². The van der Waals surface area contributed by atoms with E-state index >= 15 is 0 Å². The fraction of sp³-hybridized carbons (Fsp3) is 0.765. The van der Waals surface area contributed by atoms with Crippen molar-refractivity contribution in [1.82, 2.24) is 25.0 Å². The van der Waals surface area contributed by atoms with E-state index in [0.717, 1.165) is 31.2 Å². The fourth-order valence-electron chi connectivity index (χ4n) is 2.88. The molecule has 0 aliphatic heterocycles. The van der Waals surface area contributed by atoms with Crippen LogP contribution in [0.4, 0.5) is 0 Å². The van der Waals surface area contributed by atoms with Crippen molar-refractivity contribution in [2.24, 2.45) is 12.0 Å². The Morgan fingerprint density at radius 3 is 2.88 bits per heavy atom. The van der Waals surface area contributed by atoms with Gasteiger partial charge in [0.15, 0.2) is 5.96 Å². The predicted molar refractivity (Wildman–Crippen MR) is 96.0 cm³/mol. The summed E-state index contributed by atoms with van der Waals surface area (Å²) in [6.07, 6.45) is 7.18. The largest absolute Gasteiger partial charge is 0.462 e. The molecule has 8 heteroatoms. The molecule has 25 heavy (non-hydrogen) atoms. The lowest BCUT2D eigenvalue weighted by Gasteiger charge is -2.21. The number of nitrogens with one attached hydrogen (secondary N) is 1. The molecule has 0 unspecified atom stereocenters. The number of ether oxygens (including phenoxy) is 1. The minimum absolute atomic E-state index is 0.0976. The maximum Gasteiger partial charge on any atom is 0.306 e. The first-order valence-corrected chi connectivity index (χ1v) is 9.12. The summed E-state index contributed by atoms with van der Waals surface area (Å²) in [5.41, 5.74) is 0. The second-order valence-electron chi connectivity index (χ2n) is 6.39. The minimum Gasteiger partial charge on any atom is -0.462 e. The Bertz CT molecular complexity index is 565. The smallest absolute Gasteiger partial charge is 0.306 e. The number of aryl methyl sites for hydroxylation is 1. The molecule has 8 nitrogen and oxygen atoms in total. The average molecular weight is 350 g/mol. The molecule has 0 saturated heterocycles. The van der Waals surface area contributed by atoms with Gasteiger partial charge in [0.2, 0.25) is 0 Å². The summed E-state index contributed by atoms with van der Waals surface area (Å²) in [7, 11) is 3.83. The topological polar surface area (TPSA) is 84.6 Å². The van der Waals surface area contributed by atoms with E-state index in [-0.39, 0.29) is 12.1 Å². The summed E-state index contributed by atoms with van der Waals surface area (Å²) < 4.78 is 7.21.